The summed E-state index contributed by atoms with van der Waals surface area (Å²) in [6.45, 7) is 0. The number of anilines is 2. The Balaban J connectivity index is 2.40. The number of halogens is 6. The minimum atomic E-state index is -5.25. The van der Waals surface area contributed by atoms with Crippen molar-refractivity contribution in [2.75, 3.05) is 11.4 Å². The van der Waals surface area contributed by atoms with Crippen LogP contribution in [0.4, 0.5) is 37.7 Å². The van der Waals surface area contributed by atoms with Gasteiger partial charge in [0.05, 0.1) is 23.4 Å². The number of para-hydroxylation sites is 1. The third kappa shape index (κ3) is 4.52. The van der Waals surface area contributed by atoms with Crippen LogP contribution in [0.25, 0.3) is 0 Å². The van der Waals surface area contributed by atoms with Crippen molar-refractivity contribution in [1.29, 1.82) is 0 Å². The molecule has 0 saturated heterocycles. The van der Waals surface area contributed by atoms with Gasteiger partial charge in [-0.05, 0) is 36.4 Å². The highest BCUT2D eigenvalue weighted by Gasteiger charge is 2.44. The average molecular weight is 475 g/mol. The first-order chi connectivity index (χ1) is 14.9. The van der Waals surface area contributed by atoms with Gasteiger partial charge >= 0.3 is 12.4 Å². The van der Waals surface area contributed by atoms with Crippen molar-refractivity contribution in [2.45, 2.75) is 17.2 Å². The number of hydrogen-bond acceptors (Lipinski definition) is 3. The molecule has 0 aliphatic rings. The second-order valence-corrected chi connectivity index (χ2v) is 8.27. The smallest absolute Gasteiger partial charge is 0.420 e. The summed E-state index contributed by atoms with van der Waals surface area (Å²) in [6, 6.07) is 14.1. The molecular formula is C21H15F6NO3S. The molecule has 170 valence electrons. The van der Waals surface area contributed by atoms with Crippen molar-refractivity contribution in [3.05, 3.63) is 83.9 Å². The second-order valence-electron chi connectivity index (χ2n) is 6.49. The zero-order chi connectivity index (χ0) is 23.7. The normalized spacial score (nSPS) is 12.5. The van der Waals surface area contributed by atoms with Crippen LogP contribution >= 0.6 is 0 Å². The van der Waals surface area contributed by atoms with Crippen LogP contribution in [0, 0.1) is 0 Å². The van der Waals surface area contributed by atoms with E-state index < -0.39 is 44.9 Å². The van der Waals surface area contributed by atoms with Gasteiger partial charge in [-0.15, -0.1) is 0 Å². The Bertz CT molecular complexity index is 1160. The molecule has 4 nitrogen and oxygen atoms in total. The molecule has 32 heavy (non-hydrogen) atoms. The Hall–Kier alpha value is -3.21. The summed E-state index contributed by atoms with van der Waals surface area (Å²) in [6.07, 6.45) is -10.5. The summed E-state index contributed by atoms with van der Waals surface area (Å²) in [7, 11) is -3.92. The summed E-state index contributed by atoms with van der Waals surface area (Å²) < 4.78 is 113. The molecule has 3 aromatic carbocycles. The molecular weight excluding hydrogens is 460 g/mol. The van der Waals surface area contributed by atoms with Gasteiger partial charge in [0, 0.05) is 0 Å². The maximum absolute atomic E-state index is 13.7. The maximum Gasteiger partial charge on any atom is 0.420 e. The molecule has 0 radical (unpaired) electrons. The van der Waals surface area contributed by atoms with Gasteiger partial charge in [0.1, 0.15) is 16.9 Å². The van der Waals surface area contributed by atoms with Crippen LogP contribution in [0.1, 0.15) is 11.1 Å². The summed E-state index contributed by atoms with van der Waals surface area (Å²) in [5, 5.41) is 0. The lowest BCUT2D eigenvalue weighted by Crippen LogP contribution is -2.27. The number of benzene rings is 3. The minimum Gasteiger partial charge on any atom is -0.495 e. The van der Waals surface area contributed by atoms with E-state index in [1.165, 1.54) is 60.7 Å². The third-order valence-corrected chi connectivity index (χ3v) is 6.17. The molecule has 0 atom stereocenters. The Morgan fingerprint density at radius 3 is 1.56 bits per heavy atom. The summed E-state index contributed by atoms with van der Waals surface area (Å²) in [5.74, 6) is -1.45. The molecule has 0 unspecified atom stereocenters. The first kappa shape index (κ1) is 23.5. The van der Waals surface area contributed by atoms with Crippen molar-refractivity contribution in [2.24, 2.45) is 0 Å². The fourth-order valence-corrected chi connectivity index (χ4v) is 4.55. The van der Waals surface area contributed by atoms with Gasteiger partial charge in [0.25, 0.3) is 10.0 Å². The summed E-state index contributed by atoms with van der Waals surface area (Å²) >= 11 is 0. The number of methoxy groups -OCH3 is 1. The van der Waals surface area contributed by atoms with E-state index in [2.05, 4.69) is 4.74 Å². The van der Waals surface area contributed by atoms with Crippen LogP contribution in [0.5, 0.6) is 5.75 Å². The minimum absolute atomic E-state index is 0.150. The molecule has 0 aromatic heterocycles. The molecule has 0 fully saturated rings. The quantitative estimate of drug-likeness (QED) is 0.409. The van der Waals surface area contributed by atoms with E-state index in [4.69, 9.17) is 0 Å². The van der Waals surface area contributed by atoms with Crippen LogP contribution in [0.2, 0.25) is 0 Å². The molecule has 0 amide bonds. The van der Waals surface area contributed by atoms with Crippen molar-refractivity contribution >= 4 is 21.4 Å². The highest BCUT2D eigenvalue weighted by molar-refractivity contribution is 7.93. The maximum atomic E-state index is 13.7. The Kier molecular flexibility index (Phi) is 6.14. The van der Waals surface area contributed by atoms with E-state index >= 15 is 0 Å². The van der Waals surface area contributed by atoms with Crippen molar-refractivity contribution in [3.63, 3.8) is 0 Å². The molecule has 3 aromatic rings. The van der Waals surface area contributed by atoms with E-state index in [1.54, 1.807) is 0 Å². The zero-order valence-corrected chi connectivity index (χ0v) is 17.1. The molecule has 0 heterocycles. The number of ether oxygens (including phenoxy) is 1. The molecule has 0 aliphatic carbocycles. The Labute approximate surface area is 179 Å². The SMILES string of the molecule is COc1c(C(F)(F)F)cc(N(c2ccccc2)S(=O)(=O)c2ccccc2)cc1C(F)(F)F. The summed E-state index contributed by atoms with van der Waals surface area (Å²) in [4.78, 5) is -0.318. The van der Waals surface area contributed by atoms with E-state index in [1.807, 2.05) is 0 Å². The van der Waals surface area contributed by atoms with E-state index in [9.17, 15) is 34.8 Å². The van der Waals surface area contributed by atoms with E-state index in [0.29, 0.717) is 23.5 Å². The monoisotopic (exact) mass is 475 g/mol. The van der Waals surface area contributed by atoms with E-state index in [-0.39, 0.29) is 10.6 Å². The molecule has 0 bridgehead atoms. The van der Waals surface area contributed by atoms with Crippen molar-refractivity contribution < 1.29 is 39.5 Å². The Morgan fingerprint density at radius 2 is 1.16 bits per heavy atom. The standard InChI is InChI=1S/C21H15F6NO3S/c1-31-19-17(20(22,23)24)12-15(13-18(19)21(25,26)27)28(14-8-4-2-5-9-14)32(29,30)16-10-6-3-7-11-16/h2-13H,1H3. The molecule has 0 aliphatic heterocycles. The first-order valence-corrected chi connectivity index (χ1v) is 10.3. The molecule has 3 rings (SSSR count). The third-order valence-electron chi connectivity index (χ3n) is 4.40. The highest BCUT2D eigenvalue weighted by atomic mass is 32.2. The van der Waals surface area contributed by atoms with Crippen LogP contribution < -0.4 is 9.04 Å². The van der Waals surface area contributed by atoms with Gasteiger partial charge in [-0.1, -0.05) is 36.4 Å². The van der Waals surface area contributed by atoms with Gasteiger partial charge in [-0.3, -0.25) is 0 Å². The molecule has 0 N–H and O–H groups in total. The van der Waals surface area contributed by atoms with Gasteiger partial charge in [0.15, 0.2) is 0 Å². The Morgan fingerprint density at radius 1 is 0.719 bits per heavy atom. The highest BCUT2D eigenvalue weighted by Crippen LogP contribution is 2.48. The largest absolute Gasteiger partial charge is 0.495 e. The second kappa shape index (κ2) is 8.38. The fraction of sp³-hybridized carbons (Fsp3) is 0.143. The van der Waals surface area contributed by atoms with Gasteiger partial charge in [-0.25, -0.2) is 12.7 Å². The molecule has 0 spiro atoms. The van der Waals surface area contributed by atoms with Crippen LogP contribution in [0.3, 0.4) is 0 Å². The predicted molar refractivity (Wildman–Crippen MR) is 105 cm³/mol. The molecule has 11 heteroatoms. The lowest BCUT2D eigenvalue weighted by molar-refractivity contribution is -0.145. The van der Waals surface area contributed by atoms with Gasteiger partial charge in [0.2, 0.25) is 0 Å². The van der Waals surface area contributed by atoms with Crippen LogP contribution in [-0.4, -0.2) is 15.5 Å². The zero-order valence-electron chi connectivity index (χ0n) is 16.3. The van der Waals surface area contributed by atoms with Gasteiger partial charge in [-0.2, -0.15) is 26.3 Å². The fourth-order valence-electron chi connectivity index (χ4n) is 3.06. The predicted octanol–water partition coefficient (Wildman–Crippen LogP) is 6.26. The van der Waals surface area contributed by atoms with Gasteiger partial charge < -0.3 is 4.74 Å². The number of rotatable bonds is 5. The lowest BCUT2D eigenvalue weighted by Gasteiger charge is -2.27. The van der Waals surface area contributed by atoms with E-state index in [0.717, 1.165) is 0 Å². The van der Waals surface area contributed by atoms with Crippen molar-refractivity contribution in [3.8, 4) is 5.75 Å². The number of sulfonamides is 1. The van der Waals surface area contributed by atoms with Crippen LogP contribution in [0.15, 0.2) is 77.7 Å². The number of hydrogen-bond donors (Lipinski definition) is 0. The van der Waals surface area contributed by atoms with Crippen LogP contribution in [-0.2, 0) is 22.4 Å². The number of alkyl halides is 6. The lowest BCUT2D eigenvalue weighted by atomic mass is 10.1. The topological polar surface area (TPSA) is 46.6 Å². The summed E-state index contributed by atoms with van der Waals surface area (Å²) in [5.41, 5.74) is -4.51. The number of nitrogens with zero attached hydrogens (tertiary/aromatic N) is 1. The average Bonchev–Trinajstić information content (AvgIpc) is 2.73. The first-order valence-electron chi connectivity index (χ1n) is 8.89. The van der Waals surface area contributed by atoms with Crippen molar-refractivity contribution in [1.82, 2.24) is 0 Å². The molecule has 0 saturated carbocycles.